The number of hydrogen-bond donors (Lipinski definition) is 2. The number of nitrogen functional groups attached to an aromatic ring is 1. The smallest absolute Gasteiger partial charge is 0.393 e. The number of rotatable bonds is 2. The fourth-order valence-corrected chi connectivity index (χ4v) is 1.62. The molecule has 106 valence electrons. The molecule has 3 N–H and O–H groups in total. The lowest BCUT2D eigenvalue weighted by Gasteiger charge is -2.11. The highest BCUT2D eigenvalue weighted by molar-refractivity contribution is 6.33. The Hall–Kier alpha value is -1.80. The first-order valence-corrected chi connectivity index (χ1v) is 5.80. The highest BCUT2D eigenvalue weighted by atomic mass is 35.5. The minimum Gasteiger partial charge on any atom is -0.393 e. The molecule has 0 radical (unpaired) electrons. The molecule has 0 saturated heterocycles. The zero-order valence-corrected chi connectivity index (χ0v) is 11.1. The molecule has 20 heavy (non-hydrogen) atoms. The second-order valence-corrected chi connectivity index (χ2v) is 4.37. The van der Waals surface area contributed by atoms with E-state index in [1.54, 1.807) is 0 Å². The predicted octanol–water partition coefficient (Wildman–Crippen LogP) is 3.52. The van der Waals surface area contributed by atoms with Gasteiger partial charge in [0.2, 0.25) is 0 Å². The highest BCUT2D eigenvalue weighted by Gasteiger charge is 2.31. The molecular weight excluding hydrogens is 318 g/mol. The Morgan fingerprint density at radius 2 is 1.80 bits per heavy atom. The molecule has 0 amide bonds. The summed E-state index contributed by atoms with van der Waals surface area (Å²) >= 11 is 11.4. The van der Waals surface area contributed by atoms with Crippen molar-refractivity contribution in [3.05, 3.63) is 34.3 Å². The van der Waals surface area contributed by atoms with Crippen LogP contribution >= 0.6 is 23.2 Å². The van der Waals surface area contributed by atoms with Gasteiger partial charge in [0.05, 0.1) is 10.6 Å². The summed E-state index contributed by atoms with van der Waals surface area (Å²) in [5.41, 5.74) is 4.69. The van der Waals surface area contributed by atoms with E-state index in [2.05, 4.69) is 20.3 Å². The molecule has 0 saturated carbocycles. The molecule has 0 aromatic carbocycles. The van der Waals surface area contributed by atoms with Crippen molar-refractivity contribution in [1.82, 2.24) is 15.0 Å². The molecule has 0 bridgehead atoms. The maximum atomic E-state index is 12.5. The van der Waals surface area contributed by atoms with Gasteiger partial charge in [-0.05, 0) is 6.07 Å². The van der Waals surface area contributed by atoms with Crippen LogP contribution < -0.4 is 11.1 Å². The number of aromatic nitrogens is 3. The van der Waals surface area contributed by atoms with Crippen molar-refractivity contribution >= 4 is 40.5 Å². The van der Waals surface area contributed by atoms with Crippen molar-refractivity contribution in [2.45, 2.75) is 6.18 Å². The van der Waals surface area contributed by atoms with Gasteiger partial charge in [0, 0.05) is 6.20 Å². The number of anilines is 3. The first kappa shape index (κ1) is 14.6. The molecule has 0 spiro atoms. The van der Waals surface area contributed by atoms with Gasteiger partial charge in [-0.1, -0.05) is 23.2 Å². The second-order valence-electron chi connectivity index (χ2n) is 3.60. The molecule has 2 aromatic rings. The number of halogens is 5. The zero-order valence-electron chi connectivity index (χ0n) is 9.54. The zero-order chi connectivity index (χ0) is 14.9. The van der Waals surface area contributed by atoms with Gasteiger partial charge >= 0.3 is 6.18 Å². The van der Waals surface area contributed by atoms with E-state index in [4.69, 9.17) is 28.9 Å². The van der Waals surface area contributed by atoms with Crippen molar-refractivity contribution < 1.29 is 13.2 Å². The van der Waals surface area contributed by atoms with Crippen LogP contribution in [0.25, 0.3) is 0 Å². The lowest BCUT2D eigenvalue weighted by atomic mass is 10.3. The normalized spacial score (nSPS) is 11.4. The summed E-state index contributed by atoms with van der Waals surface area (Å²) in [5.74, 6) is 0.0697. The maximum Gasteiger partial charge on any atom is 0.417 e. The monoisotopic (exact) mass is 323 g/mol. The van der Waals surface area contributed by atoms with Crippen molar-refractivity contribution in [2.75, 3.05) is 11.1 Å². The van der Waals surface area contributed by atoms with Gasteiger partial charge in [-0.25, -0.2) is 15.0 Å². The summed E-state index contributed by atoms with van der Waals surface area (Å²) < 4.78 is 37.4. The van der Waals surface area contributed by atoms with Gasteiger partial charge in [-0.3, -0.25) is 0 Å². The number of nitrogens with zero attached hydrogens (tertiary/aromatic N) is 3. The molecule has 0 atom stereocenters. The number of alkyl halides is 3. The van der Waals surface area contributed by atoms with Crippen LogP contribution in [0.3, 0.4) is 0 Å². The molecule has 0 aliphatic carbocycles. The van der Waals surface area contributed by atoms with Crippen molar-refractivity contribution in [2.24, 2.45) is 0 Å². The predicted molar refractivity (Wildman–Crippen MR) is 69.0 cm³/mol. The largest absolute Gasteiger partial charge is 0.417 e. The second kappa shape index (κ2) is 5.29. The first-order valence-electron chi connectivity index (χ1n) is 5.05. The summed E-state index contributed by atoms with van der Waals surface area (Å²) in [5, 5.41) is 2.37. The molecule has 0 fully saturated rings. The minimum atomic E-state index is -4.52. The Bertz CT molecular complexity index is 647. The molecule has 2 rings (SSSR count). The van der Waals surface area contributed by atoms with Gasteiger partial charge in [-0.2, -0.15) is 13.2 Å². The SMILES string of the molecule is Nc1c(Cl)ncnc1Nc1ncc(C(F)(F)F)cc1Cl. The van der Waals surface area contributed by atoms with Gasteiger partial charge in [0.25, 0.3) is 0 Å². The van der Waals surface area contributed by atoms with E-state index in [1.807, 2.05) is 0 Å². The third kappa shape index (κ3) is 3.02. The quantitative estimate of drug-likeness (QED) is 0.827. The fourth-order valence-electron chi connectivity index (χ4n) is 1.27. The Morgan fingerprint density at radius 1 is 1.10 bits per heavy atom. The van der Waals surface area contributed by atoms with E-state index in [9.17, 15) is 13.2 Å². The topological polar surface area (TPSA) is 76.7 Å². The van der Waals surface area contributed by atoms with Crippen LogP contribution in [0.2, 0.25) is 10.2 Å². The number of pyridine rings is 1. The minimum absolute atomic E-state index is 0.00512. The lowest BCUT2D eigenvalue weighted by molar-refractivity contribution is -0.137. The van der Waals surface area contributed by atoms with Crippen molar-refractivity contribution in [3.63, 3.8) is 0 Å². The third-order valence-electron chi connectivity index (χ3n) is 2.24. The Morgan fingerprint density at radius 3 is 2.40 bits per heavy atom. The van der Waals surface area contributed by atoms with Crippen molar-refractivity contribution in [1.29, 1.82) is 0 Å². The molecule has 2 aromatic heterocycles. The van der Waals surface area contributed by atoms with Crippen LogP contribution in [0.1, 0.15) is 5.56 Å². The summed E-state index contributed by atoms with van der Waals surface area (Å²) in [6.45, 7) is 0. The van der Waals surface area contributed by atoms with Crippen molar-refractivity contribution in [3.8, 4) is 0 Å². The molecule has 2 heterocycles. The molecule has 5 nitrogen and oxygen atoms in total. The van der Waals surface area contributed by atoms with Gasteiger partial charge in [0.1, 0.15) is 17.8 Å². The molecule has 10 heteroatoms. The Balaban J connectivity index is 2.33. The van der Waals surface area contributed by atoms with E-state index < -0.39 is 11.7 Å². The highest BCUT2D eigenvalue weighted by Crippen LogP contribution is 2.34. The van der Waals surface area contributed by atoms with Crippen LogP contribution in [0.15, 0.2) is 18.6 Å². The summed E-state index contributed by atoms with van der Waals surface area (Å²) in [6, 6.07) is 0.746. The average Bonchev–Trinajstić information content (AvgIpc) is 2.36. The Kier molecular flexibility index (Phi) is 3.87. The Labute approximate surface area is 121 Å². The molecule has 0 unspecified atom stereocenters. The standard InChI is InChI=1S/C10H6Cl2F3N5/c11-5-1-4(10(13,14)15)2-17-8(5)20-9-6(16)7(12)18-3-19-9/h1-3H,16H2,(H,17,18,19,20). The number of nitrogens with two attached hydrogens (primary N) is 1. The average molecular weight is 324 g/mol. The number of hydrogen-bond acceptors (Lipinski definition) is 5. The summed E-state index contributed by atoms with van der Waals surface area (Å²) in [7, 11) is 0. The van der Waals surface area contributed by atoms with Crippen LogP contribution in [-0.4, -0.2) is 15.0 Å². The van der Waals surface area contributed by atoms with E-state index in [1.165, 1.54) is 0 Å². The van der Waals surface area contributed by atoms with E-state index in [-0.39, 0.29) is 27.5 Å². The maximum absolute atomic E-state index is 12.5. The van der Waals surface area contributed by atoms with Crippen LogP contribution in [-0.2, 0) is 6.18 Å². The summed E-state index contributed by atoms with van der Waals surface area (Å²) in [6.07, 6.45) is -2.74. The van der Waals surface area contributed by atoms with Gasteiger partial charge in [-0.15, -0.1) is 0 Å². The van der Waals surface area contributed by atoms with E-state index in [0.29, 0.717) is 6.20 Å². The van der Waals surface area contributed by atoms with Crippen LogP contribution in [0.5, 0.6) is 0 Å². The van der Waals surface area contributed by atoms with E-state index >= 15 is 0 Å². The van der Waals surface area contributed by atoms with Gasteiger partial charge in [0.15, 0.2) is 11.0 Å². The fraction of sp³-hybridized carbons (Fsp3) is 0.100. The molecule has 0 aliphatic heterocycles. The van der Waals surface area contributed by atoms with Crippen LogP contribution in [0, 0.1) is 0 Å². The molecule has 0 aliphatic rings. The van der Waals surface area contributed by atoms with Gasteiger partial charge < -0.3 is 11.1 Å². The molecular formula is C10H6Cl2F3N5. The van der Waals surface area contributed by atoms with Crippen LogP contribution in [0.4, 0.5) is 30.5 Å². The number of nitrogens with one attached hydrogen (secondary N) is 1. The first-order chi connectivity index (χ1) is 9.29. The van der Waals surface area contributed by atoms with E-state index in [0.717, 1.165) is 12.4 Å². The summed E-state index contributed by atoms with van der Waals surface area (Å²) in [4.78, 5) is 11.0. The lowest BCUT2D eigenvalue weighted by Crippen LogP contribution is -2.07. The third-order valence-corrected chi connectivity index (χ3v) is 2.83.